The first-order valence-corrected chi connectivity index (χ1v) is 11.2. The van der Waals surface area contributed by atoms with Gasteiger partial charge in [-0.1, -0.05) is 0 Å². The minimum absolute atomic E-state index is 0.152. The van der Waals surface area contributed by atoms with E-state index in [1.165, 1.54) is 6.26 Å². The van der Waals surface area contributed by atoms with Gasteiger partial charge in [-0.3, -0.25) is 5.10 Å². The van der Waals surface area contributed by atoms with E-state index in [9.17, 15) is 8.42 Å². The molecule has 148 valence electrons. The van der Waals surface area contributed by atoms with Crippen LogP contribution in [0.3, 0.4) is 0 Å². The summed E-state index contributed by atoms with van der Waals surface area (Å²) in [5, 5.41) is 11.8. The third-order valence-corrected chi connectivity index (χ3v) is 7.85. The van der Waals surface area contributed by atoms with E-state index in [4.69, 9.17) is 9.84 Å². The molecule has 28 heavy (non-hydrogen) atoms. The van der Waals surface area contributed by atoms with Gasteiger partial charge in [-0.25, -0.2) is 17.9 Å². The molecule has 4 heterocycles. The van der Waals surface area contributed by atoms with Crippen molar-refractivity contribution in [2.24, 2.45) is 0 Å². The zero-order valence-electron chi connectivity index (χ0n) is 15.8. The van der Waals surface area contributed by atoms with Crippen LogP contribution in [0.25, 0.3) is 17.0 Å². The summed E-state index contributed by atoms with van der Waals surface area (Å²) in [5.74, 6) is 0.743. The van der Waals surface area contributed by atoms with Crippen molar-refractivity contribution in [2.45, 2.75) is 30.6 Å². The minimum atomic E-state index is -3.29. The lowest BCUT2D eigenvalue weighted by molar-refractivity contribution is 0.0984. The van der Waals surface area contributed by atoms with Gasteiger partial charge in [-0.15, -0.1) is 5.10 Å². The Bertz CT molecular complexity index is 1130. The number of aromatic amines is 1. The van der Waals surface area contributed by atoms with Gasteiger partial charge < -0.3 is 9.64 Å². The molecule has 0 radical (unpaired) electrons. The van der Waals surface area contributed by atoms with Gasteiger partial charge in [0.15, 0.2) is 15.5 Å². The maximum atomic E-state index is 12.6. The fourth-order valence-electron chi connectivity index (χ4n) is 4.03. The number of sulfone groups is 1. The van der Waals surface area contributed by atoms with Gasteiger partial charge in [0.1, 0.15) is 16.3 Å². The average molecular weight is 402 g/mol. The molecule has 5 rings (SSSR count). The van der Waals surface area contributed by atoms with Crippen LogP contribution in [0.4, 0.5) is 5.82 Å². The van der Waals surface area contributed by atoms with Gasteiger partial charge in [0.2, 0.25) is 0 Å². The predicted molar refractivity (Wildman–Crippen MR) is 104 cm³/mol. The Labute approximate surface area is 162 Å². The van der Waals surface area contributed by atoms with E-state index < -0.39 is 14.6 Å². The van der Waals surface area contributed by atoms with Crippen LogP contribution >= 0.6 is 0 Å². The first-order chi connectivity index (χ1) is 13.4. The van der Waals surface area contributed by atoms with Gasteiger partial charge >= 0.3 is 0 Å². The Morgan fingerprint density at radius 3 is 2.82 bits per heavy atom. The molecule has 2 fully saturated rings. The summed E-state index contributed by atoms with van der Waals surface area (Å²) in [6.45, 7) is 4.02. The highest BCUT2D eigenvalue weighted by Gasteiger charge is 2.55. The summed E-state index contributed by atoms with van der Waals surface area (Å²) in [4.78, 5) is 6.71. The average Bonchev–Trinajstić information content (AvgIpc) is 3.11. The van der Waals surface area contributed by atoms with E-state index in [1.807, 2.05) is 12.1 Å². The minimum Gasteiger partial charge on any atom is -0.377 e. The highest BCUT2D eigenvalue weighted by atomic mass is 32.2. The van der Waals surface area contributed by atoms with Crippen molar-refractivity contribution >= 4 is 21.3 Å². The molecule has 0 bridgehead atoms. The van der Waals surface area contributed by atoms with Crippen molar-refractivity contribution in [3.05, 3.63) is 30.1 Å². The molecular weight excluding hydrogens is 380 g/mol. The number of rotatable bonds is 4. The smallest absolute Gasteiger partial charge is 0.159 e. The molecule has 1 saturated carbocycles. The number of ether oxygens (including phenoxy) is 1. The van der Waals surface area contributed by atoms with E-state index in [-0.39, 0.29) is 6.04 Å². The number of imidazole rings is 1. The second-order valence-corrected chi connectivity index (χ2v) is 9.97. The molecule has 9 nitrogen and oxygen atoms in total. The summed E-state index contributed by atoms with van der Waals surface area (Å²) in [6.07, 6.45) is 5.91. The molecule has 1 unspecified atom stereocenters. The van der Waals surface area contributed by atoms with Gasteiger partial charge in [0.25, 0.3) is 0 Å². The number of anilines is 1. The van der Waals surface area contributed by atoms with Crippen LogP contribution < -0.4 is 4.90 Å². The van der Waals surface area contributed by atoms with Gasteiger partial charge in [-0.2, -0.15) is 5.10 Å². The van der Waals surface area contributed by atoms with E-state index in [2.05, 4.69) is 27.0 Å². The Hall–Kier alpha value is -2.46. The Morgan fingerprint density at radius 2 is 2.18 bits per heavy atom. The molecule has 0 amide bonds. The number of morpholine rings is 1. The lowest BCUT2D eigenvalue weighted by atomic mass is 10.1. The molecule has 2 aliphatic rings. The summed E-state index contributed by atoms with van der Waals surface area (Å²) < 4.78 is 31.7. The van der Waals surface area contributed by atoms with Crippen LogP contribution in [0.2, 0.25) is 0 Å². The van der Waals surface area contributed by atoms with E-state index in [0.717, 1.165) is 22.8 Å². The second-order valence-electron chi connectivity index (χ2n) is 7.65. The van der Waals surface area contributed by atoms with Crippen molar-refractivity contribution in [2.75, 3.05) is 30.9 Å². The molecule has 1 aliphatic carbocycles. The molecule has 1 N–H and O–H groups in total. The summed E-state index contributed by atoms with van der Waals surface area (Å²) in [7, 11) is -3.29. The lowest BCUT2D eigenvalue weighted by Gasteiger charge is -2.34. The van der Waals surface area contributed by atoms with Gasteiger partial charge in [0.05, 0.1) is 31.1 Å². The number of nitrogens with one attached hydrogen (secondary N) is 1. The maximum absolute atomic E-state index is 12.6. The van der Waals surface area contributed by atoms with Crippen molar-refractivity contribution in [3.8, 4) is 11.4 Å². The largest absolute Gasteiger partial charge is 0.377 e. The molecule has 1 aliphatic heterocycles. The Morgan fingerprint density at radius 1 is 1.36 bits per heavy atom. The number of aromatic nitrogens is 5. The number of fused-ring (bicyclic) bond motifs is 1. The van der Waals surface area contributed by atoms with Crippen LogP contribution in [0.5, 0.6) is 0 Å². The number of nitrogens with zero attached hydrogens (tertiary/aromatic N) is 5. The monoisotopic (exact) mass is 402 g/mol. The topological polar surface area (TPSA) is 105 Å². The number of H-pyrrole nitrogens is 1. The van der Waals surface area contributed by atoms with Crippen LogP contribution in [-0.2, 0) is 19.3 Å². The fraction of sp³-hybridized carbons (Fsp3) is 0.500. The zero-order valence-corrected chi connectivity index (χ0v) is 16.6. The zero-order chi connectivity index (χ0) is 19.5. The van der Waals surface area contributed by atoms with Gasteiger partial charge in [0, 0.05) is 24.6 Å². The third-order valence-electron chi connectivity index (χ3n) is 5.80. The molecule has 0 aromatic carbocycles. The fourth-order valence-corrected chi connectivity index (χ4v) is 5.43. The molecule has 3 aromatic rings. The SMILES string of the molecule is CC1COCCN1c1cc(C2(S(C)(=O)=O)CC2)c2ncc(-c3ccn[nH]3)n2n1. The third kappa shape index (κ3) is 2.55. The van der Waals surface area contributed by atoms with E-state index in [1.54, 1.807) is 16.9 Å². The van der Waals surface area contributed by atoms with Crippen molar-refractivity contribution in [3.63, 3.8) is 0 Å². The normalized spacial score (nSPS) is 21.9. The Kier molecular flexibility index (Phi) is 3.79. The van der Waals surface area contributed by atoms with Crippen molar-refractivity contribution in [1.82, 2.24) is 24.8 Å². The predicted octanol–water partition coefficient (Wildman–Crippen LogP) is 1.38. The van der Waals surface area contributed by atoms with Crippen LogP contribution in [0.15, 0.2) is 24.5 Å². The molecule has 3 aromatic heterocycles. The quantitative estimate of drug-likeness (QED) is 0.703. The van der Waals surface area contributed by atoms with Crippen LogP contribution in [0.1, 0.15) is 25.3 Å². The van der Waals surface area contributed by atoms with E-state index >= 15 is 0 Å². The number of hydrogen-bond donors (Lipinski definition) is 1. The van der Waals surface area contributed by atoms with Crippen LogP contribution in [-0.4, -0.2) is 65.3 Å². The molecular formula is C18H22N6O3S. The second kappa shape index (κ2) is 6.02. The summed E-state index contributed by atoms with van der Waals surface area (Å²) in [6, 6.07) is 3.91. The molecule has 0 spiro atoms. The number of hydrogen-bond acceptors (Lipinski definition) is 7. The maximum Gasteiger partial charge on any atom is 0.159 e. The molecule has 1 saturated heterocycles. The first-order valence-electron chi connectivity index (χ1n) is 9.34. The molecule has 1 atom stereocenters. The van der Waals surface area contributed by atoms with Crippen LogP contribution in [0, 0.1) is 0 Å². The summed E-state index contributed by atoms with van der Waals surface area (Å²) >= 11 is 0. The summed E-state index contributed by atoms with van der Waals surface area (Å²) in [5.41, 5.74) is 2.84. The van der Waals surface area contributed by atoms with Crippen molar-refractivity contribution < 1.29 is 13.2 Å². The standard InChI is InChI=1S/C18H22N6O3S/c1-12-11-27-8-7-23(12)16-9-13(18(4-5-18)28(2,25)26)17-19-10-15(24(17)22-16)14-3-6-20-21-14/h3,6,9-10,12H,4-5,7-8,11H2,1-2H3,(H,20,21). The lowest BCUT2D eigenvalue weighted by Crippen LogP contribution is -2.44. The van der Waals surface area contributed by atoms with Crippen molar-refractivity contribution in [1.29, 1.82) is 0 Å². The van der Waals surface area contributed by atoms with E-state index in [0.29, 0.717) is 38.2 Å². The highest BCUT2D eigenvalue weighted by molar-refractivity contribution is 7.92. The highest BCUT2D eigenvalue weighted by Crippen LogP contribution is 2.54. The first kappa shape index (κ1) is 17.6. The Balaban J connectivity index is 1.76. The van der Waals surface area contributed by atoms with Gasteiger partial charge in [-0.05, 0) is 31.9 Å². The molecule has 10 heteroatoms.